The van der Waals surface area contributed by atoms with Crippen LogP contribution in [0.2, 0.25) is 0 Å². The molecule has 0 unspecified atom stereocenters. The Morgan fingerprint density at radius 1 is 1.05 bits per heavy atom. The molecular formula is C20H22N2. The largest absolute Gasteiger partial charge is 0.381 e. The van der Waals surface area contributed by atoms with Gasteiger partial charge in [0.05, 0.1) is 0 Å². The molecule has 2 nitrogen and oxygen atoms in total. The third-order valence-electron chi connectivity index (χ3n) is 3.34. The van der Waals surface area contributed by atoms with Crippen LogP contribution in [0.25, 0.3) is 6.08 Å². The highest BCUT2D eigenvalue weighted by Crippen LogP contribution is 2.15. The van der Waals surface area contributed by atoms with E-state index in [9.17, 15) is 0 Å². The zero-order valence-electron chi connectivity index (χ0n) is 13.0. The van der Waals surface area contributed by atoms with Crippen molar-refractivity contribution in [3.05, 3.63) is 96.4 Å². The number of nitrogens with one attached hydrogen (secondary N) is 2. The lowest BCUT2D eigenvalue weighted by molar-refractivity contribution is 1.06. The van der Waals surface area contributed by atoms with E-state index in [1.54, 1.807) is 6.20 Å². The topological polar surface area (TPSA) is 24.1 Å². The normalized spacial score (nSPS) is 10.9. The average molecular weight is 290 g/mol. The first-order valence-corrected chi connectivity index (χ1v) is 7.32. The second kappa shape index (κ2) is 7.89. The van der Waals surface area contributed by atoms with Crippen molar-refractivity contribution in [1.29, 1.82) is 0 Å². The lowest BCUT2D eigenvalue weighted by Gasteiger charge is -2.13. The summed E-state index contributed by atoms with van der Waals surface area (Å²) in [5.41, 5.74) is 5.43. The summed E-state index contributed by atoms with van der Waals surface area (Å²) in [4.78, 5) is 0. The second-order valence-corrected chi connectivity index (χ2v) is 5.13. The first kappa shape index (κ1) is 15.6. The molecule has 2 N–H and O–H groups in total. The molecular weight excluding hydrogens is 268 g/mol. The van der Waals surface area contributed by atoms with Gasteiger partial charge in [-0.05, 0) is 42.5 Å². The first-order valence-electron chi connectivity index (χ1n) is 7.32. The number of benzene rings is 2. The van der Waals surface area contributed by atoms with Crippen LogP contribution in [0, 0.1) is 6.92 Å². The summed E-state index contributed by atoms with van der Waals surface area (Å²) < 4.78 is 0. The van der Waals surface area contributed by atoms with Crippen LogP contribution in [0.1, 0.15) is 11.1 Å². The van der Waals surface area contributed by atoms with Crippen LogP contribution in [-0.2, 0) is 0 Å². The van der Waals surface area contributed by atoms with E-state index in [-0.39, 0.29) is 0 Å². The summed E-state index contributed by atoms with van der Waals surface area (Å²) in [7, 11) is 0. The predicted octanol–water partition coefficient (Wildman–Crippen LogP) is 4.74. The van der Waals surface area contributed by atoms with Crippen LogP contribution < -0.4 is 10.6 Å². The Hall–Kier alpha value is -2.74. The Labute approximate surface area is 132 Å². The van der Waals surface area contributed by atoms with Gasteiger partial charge in [-0.25, -0.2) is 0 Å². The maximum atomic E-state index is 4.08. The highest BCUT2D eigenvalue weighted by molar-refractivity contribution is 5.60. The molecule has 22 heavy (non-hydrogen) atoms. The van der Waals surface area contributed by atoms with Gasteiger partial charge in [-0.15, -0.1) is 0 Å². The molecule has 0 aromatic heterocycles. The highest BCUT2D eigenvalue weighted by atomic mass is 14.9. The zero-order valence-corrected chi connectivity index (χ0v) is 13.0. The summed E-state index contributed by atoms with van der Waals surface area (Å²) in [6.45, 7) is 10.6. The summed E-state index contributed by atoms with van der Waals surface area (Å²) >= 11 is 0. The summed E-state index contributed by atoms with van der Waals surface area (Å²) in [6.07, 6.45) is 3.78. The molecule has 2 rings (SSSR count). The van der Waals surface area contributed by atoms with Crippen LogP contribution in [0.4, 0.5) is 5.69 Å². The van der Waals surface area contributed by atoms with Crippen molar-refractivity contribution in [2.24, 2.45) is 0 Å². The zero-order chi connectivity index (χ0) is 15.8. The Kier molecular flexibility index (Phi) is 5.61. The van der Waals surface area contributed by atoms with Crippen LogP contribution in [-0.4, -0.2) is 6.54 Å². The fourth-order valence-electron chi connectivity index (χ4n) is 2.08. The van der Waals surface area contributed by atoms with Gasteiger partial charge in [0.15, 0.2) is 0 Å². The lowest BCUT2D eigenvalue weighted by atomic mass is 10.1. The quantitative estimate of drug-likeness (QED) is 0.720. The van der Waals surface area contributed by atoms with E-state index in [0.717, 1.165) is 22.5 Å². The molecule has 2 heteroatoms. The maximum Gasteiger partial charge on any atom is 0.0421 e. The Balaban J connectivity index is 2.16. The van der Waals surface area contributed by atoms with Crippen molar-refractivity contribution in [3.63, 3.8) is 0 Å². The molecule has 0 amide bonds. The van der Waals surface area contributed by atoms with E-state index in [2.05, 4.69) is 61.1 Å². The summed E-state index contributed by atoms with van der Waals surface area (Å²) in [5.74, 6) is 0. The minimum absolute atomic E-state index is 0.692. The van der Waals surface area contributed by atoms with Crippen molar-refractivity contribution < 1.29 is 0 Å². The van der Waals surface area contributed by atoms with Gasteiger partial charge in [-0.2, -0.15) is 0 Å². The average Bonchev–Trinajstić information content (AvgIpc) is 2.54. The van der Waals surface area contributed by atoms with Crippen LogP contribution in [0.15, 0.2) is 85.2 Å². The van der Waals surface area contributed by atoms with Crippen LogP contribution in [0.3, 0.4) is 0 Å². The monoisotopic (exact) mass is 290 g/mol. The Bertz CT molecular complexity index is 652. The molecule has 0 fully saturated rings. The number of hydrogen-bond donors (Lipinski definition) is 2. The van der Waals surface area contributed by atoms with E-state index in [1.807, 2.05) is 30.3 Å². The number of anilines is 1. The van der Waals surface area contributed by atoms with Crippen molar-refractivity contribution in [1.82, 2.24) is 5.32 Å². The van der Waals surface area contributed by atoms with Crippen LogP contribution >= 0.6 is 0 Å². The van der Waals surface area contributed by atoms with E-state index < -0.39 is 0 Å². The van der Waals surface area contributed by atoms with Gasteiger partial charge in [0.2, 0.25) is 0 Å². The lowest BCUT2D eigenvalue weighted by Crippen LogP contribution is -2.13. The minimum atomic E-state index is 0.692. The van der Waals surface area contributed by atoms with Gasteiger partial charge < -0.3 is 10.6 Å². The number of rotatable bonds is 7. The molecule has 0 atom stereocenters. The SMILES string of the molecule is C=CNC(=C)/C(=C\c1ccc(C)cc1)CNc1ccccc1. The fourth-order valence-corrected chi connectivity index (χ4v) is 2.08. The molecule has 0 radical (unpaired) electrons. The molecule has 0 aliphatic rings. The van der Waals surface area contributed by atoms with Crippen molar-refractivity contribution in [2.75, 3.05) is 11.9 Å². The van der Waals surface area contributed by atoms with E-state index in [1.165, 1.54) is 5.56 Å². The fraction of sp³-hybridized carbons (Fsp3) is 0.100. The molecule has 0 aliphatic carbocycles. The molecule has 0 heterocycles. The molecule has 0 saturated heterocycles. The first-order chi connectivity index (χ1) is 10.7. The predicted molar refractivity (Wildman–Crippen MR) is 96.6 cm³/mol. The number of para-hydroxylation sites is 1. The third kappa shape index (κ3) is 4.67. The van der Waals surface area contributed by atoms with Crippen molar-refractivity contribution >= 4 is 11.8 Å². The third-order valence-corrected chi connectivity index (χ3v) is 3.34. The second-order valence-electron chi connectivity index (χ2n) is 5.13. The summed E-state index contributed by atoms with van der Waals surface area (Å²) in [6, 6.07) is 18.6. The van der Waals surface area contributed by atoms with E-state index >= 15 is 0 Å². The highest BCUT2D eigenvalue weighted by Gasteiger charge is 2.03. The van der Waals surface area contributed by atoms with Crippen LogP contribution in [0.5, 0.6) is 0 Å². The van der Waals surface area contributed by atoms with Gasteiger partial charge in [0.25, 0.3) is 0 Å². The van der Waals surface area contributed by atoms with E-state index in [0.29, 0.717) is 6.54 Å². The Morgan fingerprint density at radius 3 is 2.36 bits per heavy atom. The van der Waals surface area contributed by atoms with Gasteiger partial charge in [-0.1, -0.05) is 61.2 Å². The van der Waals surface area contributed by atoms with E-state index in [4.69, 9.17) is 0 Å². The molecule has 2 aromatic rings. The number of hydrogen-bond acceptors (Lipinski definition) is 2. The van der Waals surface area contributed by atoms with Gasteiger partial charge in [0, 0.05) is 17.9 Å². The minimum Gasteiger partial charge on any atom is -0.381 e. The molecule has 0 saturated carbocycles. The van der Waals surface area contributed by atoms with Crippen molar-refractivity contribution in [3.8, 4) is 0 Å². The molecule has 112 valence electrons. The Morgan fingerprint density at radius 2 is 1.73 bits per heavy atom. The van der Waals surface area contributed by atoms with Crippen molar-refractivity contribution in [2.45, 2.75) is 6.92 Å². The molecule has 0 bridgehead atoms. The maximum absolute atomic E-state index is 4.08. The van der Waals surface area contributed by atoms with Gasteiger partial charge in [-0.3, -0.25) is 0 Å². The summed E-state index contributed by atoms with van der Waals surface area (Å²) in [5, 5.41) is 6.49. The molecule has 2 aromatic carbocycles. The standard InChI is InChI=1S/C20H22N2/c1-4-21-17(3)19(14-18-12-10-16(2)11-13-18)15-22-20-8-6-5-7-9-20/h4-14,21-22H,1,3,15H2,2H3/b19-14-. The van der Waals surface area contributed by atoms with Gasteiger partial charge in [0.1, 0.15) is 0 Å². The van der Waals surface area contributed by atoms with Gasteiger partial charge >= 0.3 is 0 Å². The smallest absolute Gasteiger partial charge is 0.0421 e. The molecule has 0 spiro atoms. The molecule has 0 aliphatic heterocycles. The number of aryl methyl sites for hydroxylation is 1.